The van der Waals surface area contributed by atoms with Crippen molar-refractivity contribution in [2.75, 3.05) is 13.1 Å². The Hall–Kier alpha value is -1.94. The van der Waals surface area contributed by atoms with Crippen molar-refractivity contribution in [3.8, 4) is 0 Å². The highest BCUT2D eigenvalue weighted by Crippen LogP contribution is 2.16. The highest BCUT2D eigenvalue weighted by Gasteiger charge is 2.09. The lowest BCUT2D eigenvalue weighted by Gasteiger charge is -2.10. The largest absolute Gasteiger partial charge is 0.352 e. The standard InChI is InChI=1S/C16H21N3O/c1-12(11-17)5-3-10-19-16(20)14-6-2-8-15-13(14)7-4-9-18-15/h2,4,6-9,12H,3,5,10-11,17H2,1H3,(H,19,20). The molecule has 1 heterocycles. The third-order valence-corrected chi connectivity index (χ3v) is 3.45. The van der Waals surface area contributed by atoms with Crippen molar-refractivity contribution >= 4 is 16.8 Å². The van der Waals surface area contributed by atoms with Crippen LogP contribution in [0.25, 0.3) is 10.9 Å². The lowest BCUT2D eigenvalue weighted by atomic mass is 10.1. The first-order valence-electron chi connectivity index (χ1n) is 7.04. The number of aromatic nitrogens is 1. The molecule has 1 aromatic carbocycles. The molecule has 1 amide bonds. The van der Waals surface area contributed by atoms with E-state index >= 15 is 0 Å². The molecule has 20 heavy (non-hydrogen) atoms. The van der Waals surface area contributed by atoms with Crippen LogP contribution < -0.4 is 11.1 Å². The van der Waals surface area contributed by atoms with E-state index in [0.717, 1.165) is 23.7 Å². The highest BCUT2D eigenvalue weighted by atomic mass is 16.1. The number of pyridine rings is 1. The maximum Gasteiger partial charge on any atom is 0.251 e. The predicted octanol–water partition coefficient (Wildman–Crippen LogP) is 2.34. The molecule has 0 aliphatic carbocycles. The molecule has 2 aromatic rings. The van der Waals surface area contributed by atoms with Crippen LogP contribution in [0.1, 0.15) is 30.1 Å². The number of amides is 1. The van der Waals surface area contributed by atoms with E-state index in [1.54, 1.807) is 6.20 Å². The van der Waals surface area contributed by atoms with Crippen LogP contribution in [0, 0.1) is 5.92 Å². The quantitative estimate of drug-likeness (QED) is 0.792. The summed E-state index contributed by atoms with van der Waals surface area (Å²) in [6, 6.07) is 9.38. The number of carbonyl (C=O) groups is 1. The van der Waals surface area contributed by atoms with E-state index in [4.69, 9.17) is 5.73 Å². The van der Waals surface area contributed by atoms with E-state index in [1.165, 1.54) is 0 Å². The van der Waals surface area contributed by atoms with Crippen LogP contribution in [0.4, 0.5) is 0 Å². The summed E-state index contributed by atoms with van der Waals surface area (Å²) in [5.41, 5.74) is 7.10. The van der Waals surface area contributed by atoms with Gasteiger partial charge in [0.1, 0.15) is 0 Å². The normalized spacial score (nSPS) is 12.3. The third kappa shape index (κ3) is 3.54. The number of carbonyl (C=O) groups excluding carboxylic acids is 1. The summed E-state index contributed by atoms with van der Waals surface area (Å²) in [4.78, 5) is 16.5. The van der Waals surface area contributed by atoms with Gasteiger partial charge in [-0.25, -0.2) is 0 Å². The fourth-order valence-electron chi connectivity index (χ4n) is 2.17. The Morgan fingerprint density at radius 3 is 3.00 bits per heavy atom. The minimum absolute atomic E-state index is 0.0380. The Bertz CT molecular complexity index is 577. The molecule has 1 aromatic heterocycles. The predicted molar refractivity (Wildman–Crippen MR) is 81.5 cm³/mol. The van der Waals surface area contributed by atoms with Crippen molar-refractivity contribution in [2.45, 2.75) is 19.8 Å². The van der Waals surface area contributed by atoms with Gasteiger partial charge in [0.25, 0.3) is 5.91 Å². The zero-order chi connectivity index (χ0) is 14.4. The minimum atomic E-state index is -0.0380. The lowest BCUT2D eigenvalue weighted by Crippen LogP contribution is -2.25. The topological polar surface area (TPSA) is 68.0 Å². The molecule has 106 valence electrons. The molecular formula is C16H21N3O. The first-order chi connectivity index (χ1) is 9.72. The highest BCUT2D eigenvalue weighted by molar-refractivity contribution is 6.06. The van der Waals surface area contributed by atoms with Crippen molar-refractivity contribution in [3.63, 3.8) is 0 Å². The Labute approximate surface area is 119 Å². The molecule has 0 aliphatic rings. The SMILES string of the molecule is CC(CN)CCCNC(=O)c1cccc2ncccc12. The first kappa shape index (κ1) is 14.5. The number of nitrogens with one attached hydrogen (secondary N) is 1. The molecule has 4 heteroatoms. The van der Waals surface area contributed by atoms with E-state index in [-0.39, 0.29) is 5.91 Å². The molecule has 0 radical (unpaired) electrons. The number of nitrogens with two attached hydrogens (primary N) is 1. The van der Waals surface area contributed by atoms with E-state index < -0.39 is 0 Å². The summed E-state index contributed by atoms with van der Waals surface area (Å²) >= 11 is 0. The molecule has 3 N–H and O–H groups in total. The Morgan fingerprint density at radius 1 is 1.35 bits per heavy atom. The van der Waals surface area contributed by atoms with Gasteiger partial charge in [-0.2, -0.15) is 0 Å². The molecule has 0 aliphatic heterocycles. The van der Waals surface area contributed by atoms with Gasteiger partial charge in [0.05, 0.1) is 5.52 Å². The Morgan fingerprint density at radius 2 is 2.20 bits per heavy atom. The molecule has 1 unspecified atom stereocenters. The average Bonchev–Trinajstić information content (AvgIpc) is 2.50. The third-order valence-electron chi connectivity index (χ3n) is 3.45. The van der Waals surface area contributed by atoms with Crippen molar-refractivity contribution in [3.05, 3.63) is 42.1 Å². The molecule has 0 spiro atoms. The van der Waals surface area contributed by atoms with Crippen molar-refractivity contribution < 1.29 is 4.79 Å². The molecule has 0 bridgehead atoms. The summed E-state index contributed by atoms with van der Waals surface area (Å²) in [7, 11) is 0. The molecule has 2 rings (SSSR count). The first-order valence-corrected chi connectivity index (χ1v) is 7.04. The van der Waals surface area contributed by atoms with Crippen molar-refractivity contribution in [2.24, 2.45) is 11.7 Å². The molecule has 4 nitrogen and oxygen atoms in total. The van der Waals surface area contributed by atoms with Gasteiger partial charge in [-0.15, -0.1) is 0 Å². The smallest absolute Gasteiger partial charge is 0.251 e. The van der Waals surface area contributed by atoms with Gasteiger partial charge in [0, 0.05) is 23.7 Å². The van der Waals surface area contributed by atoms with E-state index in [2.05, 4.69) is 17.2 Å². The summed E-state index contributed by atoms with van der Waals surface area (Å²) in [5.74, 6) is 0.470. The molecule has 0 saturated carbocycles. The molecule has 0 saturated heterocycles. The Kier molecular flexibility index (Phi) is 5.07. The van der Waals surface area contributed by atoms with Crippen LogP contribution in [0.2, 0.25) is 0 Å². The number of hydrogen-bond acceptors (Lipinski definition) is 3. The summed E-state index contributed by atoms with van der Waals surface area (Å²) in [6.45, 7) is 3.50. The van der Waals surface area contributed by atoms with Gasteiger partial charge in [-0.1, -0.05) is 19.1 Å². The van der Waals surface area contributed by atoms with Gasteiger partial charge < -0.3 is 11.1 Å². The van der Waals surface area contributed by atoms with E-state index in [0.29, 0.717) is 24.6 Å². The number of fused-ring (bicyclic) bond motifs is 1. The Balaban J connectivity index is 1.98. The maximum atomic E-state index is 12.2. The van der Waals surface area contributed by atoms with E-state index in [9.17, 15) is 4.79 Å². The number of rotatable bonds is 6. The number of hydrogen-bond donors (Lipinski definition) is 2. The fraction of sp³-hybridized carbons (Fsp3) is 0.375. The van der Waals surface area contributed by atoms with Crippen LogP contribution in [-0.2, 0) is 0 Å². The van der Waals surface area contributed by atoms with Gasteiger partial charge >= 0.3 is 0 Å². The lowest BCUT2D eigenvalue weighted by molar-refractivity contribution is 0.0954. The molecule has 1 atom stereocenters. The second-order valence-electron chi connectivity index (χ2n) is 5.11. The maximum absolute atomic E-state index is 12.2. The zero-order valence-electron chi connectivity index (χ0n) is 11.8. The fourth-order valence-corrected chi connectivity index (χ4v) is 2.17. The van der Waals surface area contributed by atoms with Crippen LogP contribution in [0.3, 0.4) is 0 Å². The van der Waals surface area contributed by atoms with Crippen molar-refractivity contribution in [1.29, 1.82) is 0 Å². The van der Waals surface area contributed by atoms with Gasteiger partial charge in [0.15, 0.2) is 0 Å². The second-order valence-corrected chi connectivity index (χ2v) is 5.11. The van der Waals surface area contributed by atoms with Crippen molar-refractivity contribution in [1.82, 2.24) is 10.3 Å². The number of nitrogens with zero attached hydrogens (tertiary/aromatic N) is 1. The monoisotopic (exact) mass is 271 g/mol. The van der Waals surface area contributed by atoms with Crippen LogP contribution in [0.5, 0.6) is 0 Å². The van der Waals surface area contributed by atoms with Gasteiger partial charge in [-0.05, 0) is 43.5 Å². The minimum Gasteiger partial charge on any atom is -0.352 e. The summed E-state index contributed by atoms with van der Waals surface area (Å²) in [5, 5.41) is 3.85. The van der Waals surface area contributed by atoms with Crippen LogP contribution in [0.15, 0.2) is 36.5 Å². The molecular weight excluding hydrogens is 250 g/mol. The zero-order valence-corrected chi connectivity index (χ0v) is 11.8. The number of benzene rings is 1. The second kappa shape index (κ2) is 7.01. The van der Waals surface area contributed by atoms with Crippen LogP contribution >= 0.6 is 0 Å². The summed E-state index contributed by atoms with van der Waals surface area (Å²) in [6.07, 6.45) is 3.72. The van der Waals surface area contributed by atoms with Crippen LogP contribution in [-0.4, -0.2) is 24.0 Å². The molecule has 0 fully saturated rings. The van der Waals surface area contributed by atoms with Gasteiger partial charge in [0.2, 0.25) is 0 Å². The van der Waals surface area contributed by atoms with Gasteiger partial charge in [-0.3, -0.25) is 9.78 Å². The van der Waals surface area contributed by atoms with E-state index in [1.807, 2.05) is 30.3 Å². The average molecular weight is 271 g/mol. The summed E-state index contributed by atoms with van der Waals surface area (Å²) < 4.78 is 0.